The second kappa shape index (κ2) is 6.25. The molecule has 0 spiro atoms. The Labute approximate surface area is 127 Å². The predicted molar refractivity (Wildman–Crippen MR) is 88.0 cm³/mol. The highest BCUT2D eigenvalue weighted by molar-refractivity contribution is 5.56. The molecule has 0 saturated carbocycles. The van der Waals surface area contributed by atoms with Crippen LogP contribution in [0.1, 0.15) is 44.1 Å². The highest BCUT2D eigenvalue weighted by Gasteiger charge is 2.22. The molecule has 0 saturated heterocycles. The maximum Gasteiger partial charge on any atom is 0.109 e. The van der Waals surface area contributed by atoms with Gasteiger partial charge in [-0.25, -0.2) is 0 Å². The maximum atomic E-state index is 5.56. The van der Waals surface area contributed by atoms with Gasteiger partial charge in [0.2, 0.25) is 0 Å². The van der Waals surface area contributed by atoms with Crippen molar-refractivity contribution in [3.8, 4) is 0 Å². The molecule has 0 radical (unpaired) electrons. The fourth-order valence-corrected chi connectivity index (χ4v) is 3.19. The van der Waals surface area contributed by atoms with Crippen molar-refractivity contribution in [1.29, 1.82) is 0 Å². The highest BCUT2D eigenvalue weighted by Crippen LogP contribution is 2.33. The van der Waals surface area contributed by atoms with Crippen LogP contribution >= 0.6 is 0 Å². The summed E-state index contributed by atoms with van der Waals surface area (Å²) in [6.07, 6.45) is 5.25. The van der Waals surface area contributed by atoms with Gasteiger partial charge in [0.1, 0.15) is 5.76 Å². The second-order valence-electron chi connectivity index (χ2n) is 5.61. The van der Waals surface area contributed by atoms with E-state index in [9.17, 15) is 0 Å². The zero-order chi connectivity index (χ0) is 14.7. The minimum Gasteiger partial charge on any atom is -0.469 e. The summed E-state index contributed by atoms with van der Waals surface area (Å²) in [5.41, 5.74) is 3.80. The fraction of sp³-hybridized carbons (Fsp3) is 0.444. The highest BCUT2D eigenvalue weighted by atomic mass is 16.3. The number of furan rings is 1. The Kier molecular flexibility index (Phi) is 4.18. The molecule has 0 aliphatic heterocycles. The van der Waals surface area contributed by atoms with Gasteiger partial charge in [-0.3, -0.25) is 0 Å². The van der Waals surface area contributed by atoms with Gasteiger partial charge in [0, 0.05) is 36.4 Å². The van der Waals surface area contributed by atoms with E-state index < -0.39 is 0 Å². The smallest absolute Gasteiger partial charge is 0.109 e. The molecule has 1 aromatic carbocycles. The van der Waals surface area contributed by atoms with Crippen LogP contribution in [0, 0.1) is 0 Å². The molecule has 0 fully saturated rings. The minimum absolute atomic E-state index is 0.381. The van der Waals surface area contributed by atoms with E-state index in [0.29, 0.717) is 6.04 Å². The first kappa shape index (κ1) is 14.1. The van der Waals surface area contributed by atoms with E-state index in [2.05, 4.69) is 54.4 Å². The van der Waals surface area contributed by atoms with Crippen molar-refractivity contribution in [3.63, 3.8) is 0 Å². The number of anilines is 2. The van der Waals surface area contributed by atoms with Gasteiger partial charge in [0.25, 0.3) is 0 Å². The topological polar surface area (TPSA) is 28.4 Å². The largest absolute Gasteiger partial charge is 0.469 e. The van der Waals surface area contributed by atoms with Crippen molar-refractivity contribution >= 4 is 11.4 Å². The van der Waals surface area contributed by atoms with Gasteiger partial charge in [0.05, 0.1) is 12.3 Å². The van der Waals surface area contributed by atoms with Crippen molar-refractivity contribution in [2.45, 2.75) is 39.2 Å². The Hall–Kier alpha value is -1.90. The Bertz CT molecular complexity index is 569. The number of nitrogens with one attached hydrogen (secondary N) is 1. The zero-order valence-corrected chi connectivity index (χ0v) is 12.9. The molecule has 0 bridgehead atoms. The molecule has 2 aromatic rings. The molecule has 1 aliphatic carbocycles. The average molecular weight is 284 g/mol. The van der Waals surface area contributed by atoms with E-state index in [1.54, 1.807) is 0 Å². The number of fused-ring (bicyclic) bond motifs is 1. The van der Waals surface area contributed by atoms with Gasteiger partial charge in [-0.1, -0.05) is 0 Å². The number of rotatable bonds is 5. The molecule has 1 heterocycles. The van der Waals surface area contributed by atoms with Crippen molar-refractivity contribution in [3.05, 3.63) is 47.9 Å². The van der Waals surface area contributed by atoms with E-state index in [0.717, 1.165) is 25.3 Å². The molecular weight excluding hydrogens is 260 g/mol. The summed E-state index contributed by atoms with van der Waals surface area (Å²) in [7, 11) is 0. The summed E-state index contributed by atoms with van der Waals surface area (Å²) < 4.78 is 5.56. The summed E-state index contributed by atoms with van der Waals surface area (Å²) >= 11 is 0. The van der Waals surface area contributed by atoms with Gasteiger partial charge >= 0.3 is 0 Å². The summed E-state index contributed by atoms with van der Waals surface area (Å²) in [6, 6.07) is 11.3. The molecule has 112 valence electrons. The lowest BCUT2D eigenvalue weighted by Gasteiger charge is -2.25. The van der Waals surface area contributed by atoms with E-state index in [1.807, 2.05) is 6.26 Å². The normalized spacial score (nSPS) is 17.3. The van der Waals surface area contributed by atoms with Crippen molar-refractivity contribution in [2.75, 3.05) is 23.3 Å². The Morgan fingerprint density at radius 1 is 1.14 bits per heavy atom. The Morgan fingerprint density at radius 2 is 1.90 bits per heavy atom. The van der Waals surface area contributed by atoms with Crippen molar-refractivity contribution in [2.24, 2.45) is 0 Å². The first-order valence-corrected chi connectivity index (χ1v) is 7.99. The third-order valence-electron chi connectivity index (χ3n) is 4.39. The lowest BCUT2D eigenvalue weighted by molar-refractivity contribution is 0.461. The first-order valence-electron chi connectivity index (χ1n) is 7.99. The number of hydrogen-bond acceptors (Lipinski definition) is 3. The molecule has 3 heteroatoms. The lowest BCUT2D eigenvalue weighted by atomic mass is 9.93. The minimum atomic E-state index is 0.381. The van der Waals surface area contributed by atoms with E-state index in [1.165, 1.54) is 29.8 Å². The van der Waals surface area contributed by atoms with Gasteiger partial charge in [-0.05, 0) is 57.0 Å². The van der Waals surface area contributed by atoms with E-state index in [4.69, 9.17) is 4.42 Å². The molecule has 3 rings (SSSR count). The van der Waals surface area contributed by atoms with Crippen LogP contribution in [0.4, 0.5) is 11.4 Å². The summed E-state index contributed by atoms with van der Waals surface area (Å²) in [5, 5.41) is 3.65. The maximum absolute atomic E-state index is 5.56. The van der Waals surface area contributed by atoms with Gasteiger partial charge in [-0.15, -0.1) is 0 Å². The molecule has 0 amide bonds. The van der Waals surface area contributed by atoms with Crippen LogP contribution in [0.25, 0.3) is 0 Å². The van der Waals surface area contributed by atoms with Crippen LogP contribution in [0.5, 0.6) is 0 Å². The number of benzene rings is 1. The molecule has 1 aliphatic rings. The quantitative estimate of drug-likeness (QED) is 0.868. The van der Waals surface area contributed by atoms with Crippen molar-refractivity contribution < 1.29 is 4.42 Å². The summed E-state index contributed by atoms with van der Waals surface area (Å²) in [6.45, 7) is 6.48. The summed E-state index contributed by atoms with van der Waals surface area (Å²) in [4.78, 5) is 2.36. The Balaban J connectivity index is 1.72. The van der Waals surface area contributed by atoms with Crippen LogP contribution < -0.4 is 10.2 Å². The molecule has 1 N–H and O–H groups in total. The molecular formula is C18H24N2O. The third kappa shape index (κ3) is 2.92. The average Bonchev–Trinajstić information content (AvgIpc) is 3.00. The second-order valence-corrected chi connectivity index (χ2v) is 5.61. The predicted octanol–water partition coefficient (Wildman–Crippen LogP) is 4.62. The van der Waals surface area contributed by atoms with E-state index >= 15 is 0 Å². The molecule has 1 unspecified atom stereocenters. The molecule has 1 atom stereocenters. The van der Waals surface area contributed by atoms with Crippen LogP contribution in [0.15, 0.2) is 41.0 Å². The first-order chi connectivity index (χ1) is 10.3. The standard InChI is InChI=1S/C18H24N2O/c1-3-20(4-2)15-10-8-14(9-11-15)19-17-6-5-7-18-16(17)12-13-21-18/h8-13,17,19H,3-7H2,1-2H3. The van der Waals surface area contributed by atoms with Crippen LogP contribution in [0.3, 0.4) is 0 Å². The lowest BCUT2D eigenvalue weighted by Crippen LogP contribution is -2.21. The summed E-state index contributed by atoms with van der Waals surface area (Å²) in [5.74, 6) is 1.15. The van der Waals surface area contributed by atoms with Gasteiger partial charge in [0.15, 0.2) is 0 Å². The monoisotopic (exact) mass is 284 g/mol. The van der Waals surface area contributed by atoms with Crippen LogP contribution in [0.2, 0.25) is 0 Å². The Morgan fingerprint density at radius 3 is 2.62 bits per heavy atom. The molecule has 1 aromatic heterocycles. The van der Waals surface area contributed by atoms with Gasteiger partial charge in [-0.2, -0.15) is 0 Å². The van der Waals surface area contributed by atoms with Crippen LogP contribution in [-0.2, 0) is 6.42 Å². The molecule has 21 heavy (non-hydrogen) atoms. The SMILES string of the molecule is CCN(CC)c1ccc(NC2CCCc3occc32)cc1. The third-order valence-corrected chi connectivity index (χ3v) is 4.39. The number of nitrogens with zero attached hydrogens (tertiary/aromatic N) is 1. The number of aryl methyl sites for hydroxylation is 1. The van der Waals surface area contributed by atoms with Crippen LogP contribution in [-0.4, -0.2) is 13.1 Å². The van der Waals surface area contributed by atoms with Gasteiger partial charge < -0.3 is 14.6 Å². The van der Waals surface area contributed by atoms with Crippen molar-refractivity contribution in [1.82, 2.24) is 0 Å². The number of hydrogen-bond donors (Lipinski definition) is 1. The fourth-order valence-electron chi connectivity index (χ4n) is 3.19. The van der Waals surface area contributed by atoms with E-state index in [-0.39, 0.29) is 0 Å². The molecule has 3 nitrogen and oxygen atoms in total. The zero-order valence-electron chi connectivity index (χ0n) is 12.9.